The van der Waals surface area contributed by atoms with Crippen molar-refractivity contribution in [3.63, 3.8) is 0 Å². The van der Waals surface area contributed by atoms with E-state index in [0.717, 1.165) is 71.7 Å². The second-order valence-electron chi connectivity index (χ2n) is 15.9. The summed E-state index contributed by atoms with van der Waals surface area (Å²) in [6.07, 6.45) is 0. The van der Waals surface area contributed by atoms with Gasteiger partial charge in [0.2, 0.25) is 0 Å². The van der Waals surface area contributed by atoms with Crippen molar-refractivity contribution < 1.29 is 8.83 Å². The monoisotopic (exact) mass is 757 g/mol. The van der Waals surface area contributed by atoms with Crippen LogP contribution in [0.5, 0.6) is 0 Å². The standard InChI is InChI=1S/C54H35N3O2/c1-54(2)43-18-8-6-15-39(43)49-37(16-10-19-44(49)54)33-24-22-32(23-25-33)35-26-28-47-42(30-35)50-40(17-11-21-48(50)59-47)53-56-51(34-12-4-3-5-13-34)55-52(57-53)36-27-29-46-41(31-36)38-14-7-9-20-45(38)58-46/h3-31H,1-2H3. The SMILES string of the molecule is CC1(C)c2ccccc2-c2c(-c3ccc(-c4ccc5oc6cccc(-c7nc(-c8ccccc8)nc(-c8ccc9oc%10ccccc%10c9c8)n7)c6c5c4)cc3)cccc21. The number of fused-ring (bicyclic) bond motifs is 9. The fourth-order valence-corrected chi connectivity index (χ4v) is 9.24. The van der Waals surface area contributed by atoms with Gasteiger partial charge >= 0.3 is 0 Å². The van der Waals surface area contributed by atoms with E-state index < -0.39 is 0 Å². The highest BCUT2D eigenvalue weighted by molar-refractivity contribution is 6.13. The van der Waals surface area contributed by atoms with Gasteiger partial charge in [0.25, 0.3) is 0 Å². The molecule has 0 radical (unpaired) electrons. The van der Waals surface area contributed by atoms with Crippen LogP contribution in [0.2, 0.25) is 0 Å². The topological polar surface area (TPSA) is 65.0 Å². The van der Waals surface area contributed by atoms with Gasteiger partial charge in [-0.15, -0.1) is 0 Å². The molecule has 0 saturated heterocycles. The van der Waals surface area contributed by atoms with Gasteiger partial charge < -0.3 is 8.83 Å². The van der Waals surface area contributed by atoms with Crippen LogP contribution in [0, 0.1) is 0 Å². The molecule has 0 bridgehead atoms. The summed E-state index contributed by atoms with van der Waals surface area (Å²) in [6.45, 7) is 4.66. The van der Waals surface area contributed by atoms with Gasteiger partial charge in [0.1, 0.15) is 22.3 Å². The fraction of sp³-hybridized carbons (Fsp3) is 0.0556. The van der Waals surface area contributed by atoms with Crippen molar-refractivity contribution in [3.8, 4) is 67.5 Å². The van der Waals surface area contributed by atoms with Gasteiger partial charge in [0, 0.05) is 43.7 Å². The van der Waals surface area contributed by atoms with Gasteiger partial charge in [0.05, 0.1) is 0 Å². The minimum atomic E-state index is -0.0423. The van der Waals surface area contributed by atoms with E-state index >= 15 is 0 Å². The molecular formula is C54H35N3O2. The van der Waals surface area contributed by atoms with Crippen molar-refractivity contribution in [2.24, 2.45) is 0 Å². The van der Waals surface area contributed by atoms with Gasteiger partial charge in [-0.1, -0.05) is 147 Å². The number of hydrogen-bond acceptors (Lipinski definition) is 5. The van der Waals surface area contributed by atoms with Crippen molar-refractivity contribution in [1.29, 1.82) is 0 Å². The van der Waals surface area contributed by atoms with Gasteiger partial charge in [-0.25, -0.2) is 15.0 Å². The molecule has 1 aliphatic rings. The lowest BCUT2D eigenvalue weighted by Crippen LogP contribution is -2.14. The number of furan rings is 2. The first-order valence-corrected chi connectivity index (χ1v) is 20.0. The molecule has 0 unspecified atom stereocenters. The summed E-state index contributed by atoms with van der Waals surface area (Å²) in [5, 5.41) is 4.05. The van der Waals surface area contributed by atoms with Gasteiger partial charge in [-0.05, 0) is 87.0 Å². The Morgan fingerprint density at radius 2 is 0.915 bits per heavy atom. The van der Waals surface area contributed by atoms with Crippen molar-refractivity contribution >= 4 is 43.9 Å². The Balaban J connectivity index is 0.979. The van der Waals surface area contributed by atoms with Gasteiger partial charge in [-0.2, -0.15) is 0 Å². The molecule has 0 aliphatic heterocycles. The molecule has 0 saturated carbocycles. The normalized spacial score (nSPS) is 13.1. The summed E-state index contributed by atoms with van der Waals surface area (Å²) in [7, 11) is 0. The molecular weight excluding hydrogens is 723 g/mol. The average molecular weight is 758 g/mol. The fourth-order valence-electron chi connectivity index (χ4n) is 9.24. The molecule has 1 aliphatic carbocycles. The molecule has 3 heterocycles. The predicted octanol–water partition coefficient (Wildman–Crippen LogP) is 14.3. The van der Waals surface area contributed by atoms with E-state index in [4.69, 9.17) is 23.8 Å². The molecule has 5 nitrogen and oxygen atoms in total. The van der Waals surface area contributed by atoms with Crippen LogP contribution >= 0.6 is 0 Å². The molecule has 5 heteroatoms. The van der Waals surface area contributed by atoms with Crippen LogP contribution in [0.25, 0.3) is 111 Å². The first kappa shape index (κ1) is 33.5. The molecule has 0 N–H and O–H groups in total. The average Bonchev–Trinajstić information content (AvgIpc) is 3.93. The minimum absolute atomic E-state index is 0.0423. The zero-order valence-corrected chi connectivity index (χ0v) is 32.4. The Hall–Kier alpha value is -7.63. The molecule has 278 valence electrons. The lowest BCUT2D eigenvalue weighted by Gasteiger charge is -2.21. The quantitative estimate of drug-likeness (QED) is 0.175. The summed E-state index contributed by atoms with van der Waals surface area (Å²) in [5.41, 5.74) is 16.0. The van der Waals surface area contributed by atoms with Crippen molar-refractivity contribution in [2.75, 3.05) is 0 Å². The molecule has 8 aromatic carbocycles. The smallest absolute Gasteiger partial charge is 0.164 e. The largest absolute Gasteiger partial charge is 0.456 e. The number of hydrogen-bond donors (Lipinski definition) is 0. The van der Waals surface area contributed by atoms with Crippen LogP contribution in [0.15, 0.2) is 185 Å². The molecule has 0 amide bonds. The van der Waals surface area contributed by atoms with E-state index in [0.29, 0.717) is 17.5 Å². The molecule has 0 spiro atoms. The lowest BCUT2D eigenvalue weighted by atomic mass is 9.82. The van der Waals surface area contributed by atoms with Crippen LogP contribution in [0.4, 0.5) is 0 Å². The summed E-state index contributed by atoms with van der Waals surface area (Å²) in [5.74, 6) is 1.77. The highest BCUT2D eigenvalue weighted by Crippen LogP contribution is 2.52. The van der Waals surface area contributed by atoms with Crippen LogP contribution in [0.1, 0.15) is 25.0 Å². The number of rotatable bonds is 5. The Kier molecular flexibility index (Phi) is 7.20. The van der Waals surface area contributed by atoms with Gasteiger partial charge in [0.15, 0.2) is 17.5 Å². The van der Waals surface area contributed by atoms with E-state index in [2.05, 4.69) is 117 Å². The predicted molar refractivity (Wildman–Crippen MR) is 239 cm³/mol. The van der Waals surface area contributed by atoms with Crippen LogP contribution in [-0.4, -0.2) is 15.0 Å². The van der Waals surface area contributed by atoms with Crippen LogP contribution in [-0.2, 0) is 5.41 Å². The summed E-state index contributed by atoms with van der Waals surface area (Å²) in [6, 6.07) is 61.4. The van der Waals surface area contributed by atoms with E-state index in [1.807, 2.05) is 72.8 Å². The third-order valence-electron chi connectivity index (χ3n) is 12.2. The highest BCUT2D eigenvalue weighted by atomic mass is 16.3. The Morgan fingerprint density at radius 3 is 1.78 bits per heavy atom. The molecule has 11 aromatic rings. The van der Waals surface area contributed by atoms with E-state index in [9.17, 15) is 0 Å². The van der Waals surface area contributed by atoms with E-state index in [1.54, 1.807) is 0 Å². The maximum atomic E-state index is 6.50. The van der Waals surface area contributed by atoms with Crippen molar-refractivity contribution in [1.82, 2.24) is 15.0 Å². The van der Waals surface area contributed by atoms with Crippen LogP contribution in [0.3, 0.4) is 0 Å². The van der Waals surface area contributed by atoms with E-state index in [1.165, 1.54) is 33.4 Å². The first-order valence-electron chi connectivity index (χ1n) is 20.0. The molecule has 3 aromatic heterocycles. The van der Waals surface area contributed by atoms with E-state index in [-0.39, 0.29) is 5.41 Å². The van der Waals surface area contributed by atoms with Gasteiger partial charge in [-0.3, -0.25) is 0 Å². The zero-order chi connectivity index (χ0) is 39.2. The highest BCUT2D eigenvalue weighted by Gasteiger charge is 2.36. The zero-order valence-electron chi connectivity index (χ0n) is 32.4. The Labute approximate surface area is 340 Å². The summed E-state index contributed by atoms with van der Waals surface area (Å²) < 4.78 is 12.6. The van der Waals surface area contributed by atoms with Crippen LogP contribution < -0.4 is 0 Å². The molecule has 0 atom stereocenters. The molecule has 59 heavy (non-hydrogen) atoms. The number of aromatic nitrogens is 3. The Bertz CT molecular complexity index is 3470. The second kappa shape index (κ2) is 12.7. The summed E-state index contributed by atoms with van der Waals surface area (Å²) in [4.78, 5) is 15.3. The number of para-hydroxylation sites is 1. The maximum Gasteiger partial charge on any atom is 0.164 e. The second-order valence-corrected chi connectivity index (χ2v) is 15.9. The maximum absolute atomic E-state index is 6.50. The van der Waals surface area contributed by atoms with Crippen molar-refractivity contribution in [3.05, 3.63) is 187 Å². The minimum Gasteiger partial charge on any atom is -0.456 e. The molecule has 12 rings (SSSR count). The molecule has 0 fully saturated rings. The Morgan fingerprint density at radius 1 is 0.356 bits per heavy atom. The number of nitrogens with zero attached hydrogens (tertiary/aromatic N) is 3. The summed E-state index contributed by atoms with van der Waals surface area (Å²) >= 11 is 0. The third-order valence-corrected chi connectivity index (χ3v) is 12.2. The third kappa shape index (κ3) is 5.21. The lowest BCUT2D eigenvalue weighted by molar-refractivity contribution is 0.660. The number of benzene rings is 8. The van der Waals surface area contributed by atoms with Crippen molar-refractivity contribution in [2.45, 2.75) is 19.3 Å². The first-order chi connectivity index (χ1) is 29.0.